The van der Waals surface area contributed by atoms with Gasteiger partial charge in [0.1, 0.15) is 19.0 Å². The van der Waals surface area contributed by atoms with Gasteiger partial charge in [-0.05, 0) is 18.2 Å². The van der Waals surface area contributed by atoms with Crippen molar-refractivity contribution in [3.8, 4) is 17.0 Å². The number of hydrogen-bond donors (Lipinski definition) is 2. The molecule has 0 amide bonds. The van der Waals surface area contributed by atoms with E-state index in [0.717, 1.165) is 15.8 Å². The molecule has 1 atom stereocenters. The SMILES string of the molecule is O=C(O)c1nc2c(s1)C(O)(CF)COc1ccc(Br)cc1-2. The molecule has 1 aliphatic heterocycles. The van der Waals surface area contributed by atoms with Gasteiger partial charge in [0, 0.05) is 10.0 Å². The molecule has 1 aliphatic rings. The lowest BCUT2D eigenvalue weighted by atomic mass is 10.0. The molecule has 0 aliphatic carbocycles. The molecule has 0 radical (unpaired) electrons. The number of halogens is 2. The van der Waals surface area contributed by atoms with Crippen LogP contribution in [0.1, 0.15) is 14.7 Å². The number of aliphatic hydroxyl groups is 1. The third-order valence-electron chi connectivity index (χ3n) is 3.12. The fourth-order valence-electron chi connectivity index (χ4n) is 2.08. The van der Waals surface area contributed by atoms with Gasteiger partial charge >= 0.3 is 5.97 Å². The number of benzene rings is 1. The molecular weight excluding hydrogens is 365 g/mol. The summed E-state index contributed by atoms with van der Waals surface area (Å²) >= 11 is 4.08. The number of ether oxygens (including phenoxy) is 1. The van der Waals surface area contributed by atoms with Gasteiger partial charge in [-0.15, -0.1) is 11.3 Å². The average Bonchev–Trinajstić information content (AvgIpc) is 2.87. The first kappa shape index (κ1) is 14.4. The molecule has 1 unspecified atom stereocenters. The highest BCUT2D eigenvalue weighted by atomic mass is 79.9. The summed E-state index contributed by atoms with van der Waals surface area (Å²) in [6, 6.07) is 5.10. The van der Waals surface area contributed by atoms with Crippen LogP contribution in [-0.4, -0.2) is 34.4 Å². The lowest BCUT2D eigenvalue weighted by Crippen LogP contribution is -2.34. The van der Waals surface area contributed by atoms with Crippen LogP contribution < -0.4 is 4.74 Å². The Balaban J connectivity index is 2.30. The first-order valence-electron chi connectivity index (χ1n) is 5.90. The Bertz CT molecular complexity index is 735. The van der Waals surface area contributed by atoms with Gasteiger partial charge in [0.05, 0.1) is 10.6 Å². The number of thiazole rings is 1. The molecule has 5 nitrogen and oxygen atoms in total. The number of aromatic nitrogens is 1. The molecule has 0 saturated carbocycles. The van der Waals surface area contributed by atoms with E-state index in [1.807, 2.05) is 0 Å². The molecule has 2 heterocycles. The highest BCUT2D eigenvalue weighted by Gasteiger charge is 2.40. The number of aromatic carboxylic acids is 1. The van der Waals surface area contributed by atoms with E-state index in [4.69, 9.17) is 9.84 Å². The monoisotopic (exact) mass is 373 g/mol. The Labute approximate surface area is 131 Å². The van der Waals surface area contributed by atoms with Crippen molar-refractivity contribution in [1.82, 2.24) is 4.98 Å². The minimum absolute atomic E-state index is 0.166. The third kappa shape index (κ3) is 2.33. The number of carboxylic acid groups (broad SMARTS) is 1. The maximum absolute atomic E-state index is 13.3. The fourth-order valence-corrected chi connectivity index (χ4v) is 3.42. The molecule has 0 bridgehead atoms. The van der Waals surface area contributed by atoms with Crippen LogP contribution in [0.5, 0.6) is 5.75 Å². The molecule has 21 heavy (non-hydrogen) atoms. The van der Waals surface area contributed by atoms with Crippen molar-refractivity contribution in [2.45, 2.75) is 5.60 Å². The Kier molecular flexibility index (Phi) is 3.46. The van der Waals surface area contributed by atoms with Gasteiger partial charge < -0.3 is 14.9 Å². The highest BCUT2D eigenvalue weighted by molar-refractivity contribution is 9.10. The zero-order valence-corrected chi connectivity index (χ0v) is 12.9. The second kappa shape index (κ2) is 5.04. The second-order valence-electron chi connectivity index (χ2n) is 4.60. The van der Waals surface area contributed by atoms with Crippen LogP contribution in [0.2, 0.25) is 0 Å². The van der Waals surface area contributed by atoms with Crippen molar-refractivity contribution in [1.29, 1.82) is 0 Å². The molecule has 1 aromatic heterocycles. The smallest absolute Gasteiger partial charge is 0.365 e. The van der Waals surface area contributed by atoms with E-state index in [2.05, 4.69) is 20.9 Å². The zero-order valence-electron chi connectivity index (χ0n) is 10.5. The number of nitrogens with zero attached hydrogens (tertiary/aromatic N) is 1. The molecule has 2 N–H and O–H groups in total. The van der Waals surface area contributed by atoms with Crippen LogP contribution >= 0.6 is 27.3 Å². The van der Waals surface area contributed by atoms with Crippen molar-refractivity contribution < 1.29 is 24.1 Å². The van der Waals surface area contributed by atoms with Crippen LogP contribution in [0, 0.1) is 0 Å². The fraction of sp³-hybridized carbons (Fsp3) is 0.231. The molecule has 110 valence electrons. The topological polar surface area (TPSA) is 79.7 Å². The molecule has 0 saturated heterocycles. The Morgan fingerprint density at radius 3 is 3.00 bits per heavy atom. The average molecular weight is 374 g/mol. The first-order valence-corrected chi connectivity index (χ1v) is 7.51. The molecule has 0 spiro atoms. The van der Waals surface area contributed by atoms with Crippen molar-refractivity contribution in [3.63, 3.8) is 0 Å². The van der Waals surface area contributed by atoms with Crippen LogP contribution in [0.4, 0.5) is 4.39 Å². The van der Waals surface area contributed by atoms with Gasteiger partial charge in [-0.2, -0.15) is 0 Å². The van der Waals surface area contributed by atoms with Crippen molar-refractivity contribution in [2.24, 2.45) is 0 Å². The summed E-state index contributed by atoms with van der Waals surface area (Å²) in [4.78, 5) is 15.3. The van der Waals surface area contributed by atoms with Crippen LogP contribution in [0.15, 0.2) is 22.7 Å². The van der Waals surface area contributed by atoms with E-state index in [1.165, 1.54) is 0 Å². The predicted molar refractivity (Wildman–Crippen MR) is 77.6 cm³/mol. The number of carbonyl (C=O) groups is 1. The second-order valence-corrected chi connectivity index (χ2v) is 6.51. The number of rotatable bonds is 2. The number of hydrogen-bond acceptors (Lipinski definition) is 5. The van der Waals surface area contributed by atoms with Gasteiger partial charge in [-0.25, -0.2) is 14.2 Å². The largest absolute Gasteiger partial charge is 0.489 e. The molecule has 2 aromatic rings. The summed E-state index contributed by atoms with van der Waals surface area (Å²) in [5, 5.41) is 19.3. The molecule has 1 aromatic carbocycles. The Morgan fingerprint density at radius 1 is 1.57 bits per heavy atom. The summed E-state index contributed by atoms with van der Waals surface area (Å²) in [5.74, 6) is -0.794. The van der Waals surface area contributed by atoms with E-state index < -0.39 is 18.2 Å². The number of carboxylic acids is 1. The van der Waals surface area contributed by atoms with Gasteiger partial charge in [-0.3, -0.25) is 0 Å². The summed E-state index contributed by atoms with van der Waals surface area (Å²) in [6.45, 7) is -1.39. The van der Waals surface area contributed by atoms with E-state index in [9.17, 15) is 14.3 Å². The maximum Gasteiger partial charge on any atom is 0.365 e. The standard InChI is InChI=1S/C13H9BrFNO4S/c14-6-1-2-8-7(3-6)9-10(13(19,4-15)5-20-8)21-11(16-9)12(17)18/h1-3,19H,4-5H2,(H,17,18). The van der Waals surface area contributed by atoms with E-state index in [1.54, 1.807) is 18.2 Å². The summed E-state index contributed by atoms with van der Waals surface area (Å²) < 4.78 is 19.5. The van der Waals surface area contributed by atoms with Crippen LogP contribution in [-0.2, 0) is 5.60 Å². The predicted octanol–water partition coefficient (Wildman–Crippen LogP) is 2.82. The van der Waals surface area contributed by atoms with Crippen LogP contribution in [0.25, 0.3) is 11.3 Å². The van der Waals surface area contributed by atoms with E-state index in [0.29, 0.717) is 11.3 Å². The van der Waals surface area contributed by atoms with Gasteiger partial charge in [0.25, 0.3) is 0 Å². The normalized spacial score (nSPS) is 20.1. The van der Waals surface area contributed by atoms with E-state index >= 15 is 0 Å². The zero-order chi connectivity index (χ0) is 15.2. The third-order valence-corrected chi connectivity index (χ3v) is 4.85. The van der Waals surface area contributed by atoms with Gasteiger partial charge in [0.15, 0.2) is 5.60 Å². The van der Waals surface area contributed by atoms with Gasteiger partial charge in [-0.1, -0.05) is 15.9 Å². The quantitative estimate of drug-likeness (QED) is 0.845. The molecule has 0 fully saturated rings. The van der Waals surface area contributed by atoms with Gasteiger partial charge in [0.2, 0.25) is 5.01 Å². The minimum Gasteiger partial charge on any atom is -0.489 e. The van der Waals surface area contributed by atoms with E-state index in [-0.39, 0.29) is 22.2 Å². The first-order chi connectivity index (χ1) is 9.94. The molecular formula is C13H9BrFNO4S. The summed E-state index contributed by atoms with van der Waals surface area (Å²) in [5.41, 5.74) is -1.13. The highest BCUT2D eigenvalue weighted by Crippen LogP contribution is 2.44. The summed E-state index contributed by atoms with van der Waals surface area (Å²) in [6.07, 6.45) is 0. The minimum atomic E-state index is -1.90. The molecule has 3 rings (SSSR count). The van der Waals surface area contributed by atoms with Crippen molar-refractivity contribution in [2.75, 3.05) is 13.3 Å². The summed E-state index contributed by atoms with van der Waals surface area (Å²) in [7, 11) is 0. The molecule has 8 heteroatoms. The lowest BCUT2D eigenvalue weighted by Gasteiger charge is -2.21. The maximum atomic E-state index is 13.3. The Hall–Kier alpha value is -1.51. The lowest BCUT2D eigenvalue weighted by molar-refractivity contribution is -0.0240. The van der Waals surface area contributed by atoms with Crippen LogP contribution in [0.3, 0.4) is 0 Å². The number of alkyl halides is 1. The van der Waals surface area contributed by atoms with Crippen molar-refractivity contribution >= 4 is 33.2 Å². The number of fused-ring (bicyclic) bond motifs is 3. The van der Waals surface area contributed by atoms with Crippen molar-refractivity contribution in [3.05, 3.63) is 32.6 Å². The Morgan fingerprint density at radius 2 is 2.33 bits per heavy atom.